The van der Waals surface area contributed by atoms with Gasteiger partial charge in [0.25, 0.3) is 17.4 Å². The molecule has 0 aliphatic carbocycles. The standard InChI is InChI=1S/C33H32N4O4/c1-41-27-13-10-24(11-14-27)33(40)35-28-17-25(32(39)34-18-22-6-3-2-4-7-22)12-15-30(28)36-19-23-16-26(21-36)29-8-5-9-31(38)37(29)20-23/h2-15,17,23,26H,16,18-21H2,1H3,(H,34,39)(H,35,40)/t23-,26+/m0/s1. The minimum atomic E-state index is -0.273. The Balaban J connectivity index is 1.29. The highest BCUT2D eigenvalue weighted by Crippen LogP contribution is 2.39. The molecule has 1 saturated heterocycles. The monoisotopic (exact) mass is 548 g/mol. The first kappa shape index (κ1) is 26.4. The number of rotatable bonds is 7. The number of hydrogen-bond acceptors (Lipinski definition) is 5. The van der Waals surface area contributed by atoms with Crippen LogP contribution in [0.4, 0.5) is 11.4 Å². The molecule has 2 bridgehead atoms. The number of ether oxygens (including phenoxy) is 1. The molecule has 3 aromatic carbocycles. The predicted octanol–water partition coefficient (Wildman–Crippen LogP) is 4.66. The number of fused-ring (bicyclic) bond motifs is 4. The largest absolute Gasteiger partial charge is 0.497 e. The summed E-state index contributed by atoms with van der Waals surface area (Å²) in [6.45, 7) is 2.55. The summed E-state index contributed by atoms with van der Waals surface area (Å²) in [7, 11) is 1.58. The molecule has 3 heterocycles. The van der Waals surface area contributed by atoms with Crippen LogP contribution in [0.25, 0.3) is 0 Å². The summed E-state index contributed by atoms with van der Waals surface area (Å²) in [5.74, 6) is 0.684. The van der Waals surface area contributed by atoms with Crippen molar-refractivity contribution in [1.29, 1.82) is 0 Å². The molecule has 8 nitrogen and oxygen atoms in total. The number of anilines is 2. The van der Waals surface area contributed by atoms with Crippen molar-refractivity contribution >= 4 is 23.2 Å². The molecule has 6 rings (SSSR count). The van der Waals surface area contributed by atoms with Crippen LogP contribution in [0.5, 0.6) is 5.75 Å². The fourth-order valence-electron chi connectivity index (χ4n) is 5.96. The van der Waals surface area contributed by atoms with Gasteiger partial charge in [-0.15, -0.1) is 0 Å². The zero-order valence-electron chi connectivity index (χ0n) is 22.9. The number of amides is 2. The number of carbonyl (C=O) groups is 2. The van der Waals surface area contributed by atoms with Crippen LogP contribution >= 0.6 is 0 Å². The van der Waals surface area contributed by atoms with E-state index in [4.69, 9.17) is 4.74 Å². The maximum atomic E-state index is 13.3. The van der Waals surface area contributed by atoms with Crippen molar-refractivity contribution in [3.63, 3.8) is 0 Å². The smallest absolute Gasteiger partial charge is 0.255 e. The van der Waals surface area contributed by atoms with Gasteiger partial charge in [0.2, 0.25) is 0 Å². The summed E-state index contributed by atoms with van der Waals surface area (Å²) >= 11 is 0. The van der Waals surface area contributed by atoms with Crippen LogP contribution in [0.1, 0.15) is 44.3 Å². The van der Waals surface area contributed by atoms with Gasteiger partial charge in [0, 0.05) is 55.0 Å². The van der Waals surface area contributed by atoms with Gasteiger partial charge in [0.1, 0.15) is 5.75 Å². The molecule has 0 radical (unpaired) electrons. The van der Waals surface area contributed by atoms with E-state index in [-0.39, 0.29) is 23.3 Å². The van der Waals surface area contributed by atoms with Gasteiger partial charge in [-0.1, -0.05) is 36.4 Å². The second kappa shape index (κ2) is 11.3. The number of methoxy groups -OCH3 is 1. The molecule has 8 heteroatoms. The van der Waals surface area contributed by atoms with Gasteiger partial charge in [0.05, 0.1) is 18.5 Å². The summed E-state index contributed by atoms with van der Waals surface area (Å²) < 4.78 is 7.13. The number of piperidine rings is 1. The Hall–Kier alpha value is -4.85. The topological polar surface area (TPSA) is 92.7 Å². The summed E-state index contributed by atoms with van der Waals surface area (Å²) in [6, 6.07) is 27.6. The summed E-state index contributed by atoms with van der Waals surface area (Å²) in [5, 5.41) is 6.04. The van der Waals surface area contributed by atoms with Crippen LogP contribution in [-0.4, -0.2) is 36.6 Å². The third-order valence-corrected chi connectivity index (χ3v) is 7.98. The van der Waals surface area contributed by atoms with E-state index >= 15 is 0 Å². The van der Waals surface area contributed by atoms with Crippen molar-refractivity contribution in [2.75, 3.05) is 30.4 Å². The van der Waals surface area contributed by atoms with Crippen LogP contribution in [0, 0.1) is 5.92 Å². The van der Waals surface area contributed by atoms with Crippen molar-refractivity contribution in [1.82, 2.24) is 9.88 Å². The maximum absolute atomic E-state index is 13.3. The lowest BCUT2D eigenvalue weighted by molar-refractivity contribution is 0.0949. The van der Waals surface area contributed by atoms with Gasteiger partial charge in [0.15, 0.2) is 0 Å². The van der Waals surface area contributed by atoms with Crippen molar-refractivity contribution in [3.8, 4) is 5.75 Å². The van der Waals surface area contributed by atoms with Crippen LogP contribution in [0.3, 0.4) is 0 Å². The Morgan fingerprint density at radius 1 is 0.854 bits per heavy atom. The Labute approximate surface area is 238 Å². The second-order valence-corrected chi connectivity index (χ2v) is 10.7. The second-order valence-electron chi connectivity index (χ2n) is 10.7. The number of nitrogens with zero attached hydrogens (tertiary/aromatic N) is 2. The minimum Gasteiger partial charge on any atom is -0.497 e. The average molecular weight is 549 g/mol. The average Bonchev–Trinajstić information content (AvgIpc) is 3.01. The molecule has 2 aliphatic rings. The number of benzene rings is 3. The van der Waals surface area contributed by atoms with Crippen LogP contribution in [0.2, 0.25) is 0 Å². The van der Waals surface area contributed by atoms with E-state index in [2.05, 4.69) is 15.5 Å². The van der Waals surface area contributed by atoms with Crippen LogP contribution in [0.15, 0.2) is 95.8 Å². The van der Waals surface area contributed by atoms with Gasteiger partial charge < -0.3 is 24.8 Å². The van der Waals surface area contributed by atoms with Crippen LogP contribution < -0.4 is 25.8 Å². The molecule has 0 unspecified atom stereocenters. The van der Waals surface area contributed by atoms with Gasteiger partial charge in [-0.2, -0.15) is 0 Å². The third-order valence-electron chi connectivity index (χ3n) is 7.98. The van der Waals surface area contributed by atoms with Gasteiger partial charge in [-0.3, -0.25) is 14.4 Å². The Morgan fingerprint density at radius 2 is 1.63 bits per heavy atom. The van der Waals surface area contributed by atoms with E-state index in [1.165, 1.54) is 0 Å². The Morgan fingerprint density at radius 3 is 2.41 bits per heavy atom. The maximum Gasteiger partial charge on any atom is 0.255 e. The number of nitrogens with one attached hydrogen (secondary N) is 2. The zero-order chi connectivity index (χ0) is 28.3. The van der Waals surface area contributed by atoms with E-state index in [1.807, 2.05) is 59.2 Å². The lowest BCUT2D eigenvalue weighted by atomic mass is 9.83. The number of carbonyl (C=O) groups excluding carboxylic acids is 2. The molecule has 1 aromatic heterocycles. The third kappa shape index (κ3) is 5.59. The summed E-state index contributed by atoms with van der Waals surface area (Å²) in [5.41, 5.74) is 4.48. The molecule has 41 heavy (non-hydrogen) atoms. The van der Waals surface area contributed by atoms with Crippen molar-refractivity contribution in [3.05, 3.63) is 124 Å². The fourth-order valence-corrected chi connectivity index (χ4v) is 5.96. The van der Waals surface area contributed by atoms with E-state index in [9.17, 15) is 14.4 Å². The molecule has 2 amide bonds. The molecule has 2 atom stereocenters. The van der Waals surface area contributed by atoms with Crippen molar-refractivity contribution in [2.24, 2.45) is 5.92 Å². The minimum absolute atomic E-state index is 0.0453. The van der Waals surface area contributed by atoms with Gasteiger partial charge in [-0.25, -0.2) is 0 Å². The highest BCUT2D eigenvalue weighted by atomic mass is 16.5. The molecule has 0 saturated carbocycles. The Kier molecular flexibility index (Phi) is 7.29. The van der Waals surface area contributed by atoms with Crippen LogP contribution in [-0.2, 0) is 13.1 Å². The van der Waals surface area contributed by atoms with Crippen molar-refractivity contribution in [2.45, 2.75) is 25.4 Å². The van der Waals surface area contributed by atoms with E-state index in [1.54, 1.807) is 43.5 Å². The van der Waals surface area contributed by atoms with Gasteiger partial charge >= 0.3 is 0 Å². The highest BCUT2D eigenvalue weighted by Gasteiger charge is 2.35. The van der Waals surface area contributed by atoms with E-state index in [0.29, 0.717) is 48.1 Å². The summed E-state index contributed by atoms with van der Waals surface area (Å²) in [4.78, 5) is 41.2. The molecule has 208 valence electrons. The van der Waals surface area contributed by atoms with E-state index in [0.717, 1.165) is 29.9 Å². The quantitative estimate of drug-likeness (QED) is 0.350. The molecular formula is C33H32N4O4. The first-order valence-corrected chi connectivity index (χ1v) is 13.8. The normalized spacial score (nSPS) is 17.3. The summed E-state index contributed by atoms with van der Waals surface area (Å²) in [6.07, 6.45) is 1.02. The molecule has 2 aliphatic heterocycles. The first-order chi connectivity index (χ1) is 20.0. The zero-order valence-corrected chi connectivity index (χ0v) is 22.9. The predicted molar refractivity (Wildman–Crippen MR) is 159 cm³/mol. The number of hydrogen-bond donors (Lipinski definition) is 2. The molecule has 0 spiro atoms. The fraction of sp³-hybridized carbons (Fsp3) is 0.242. The number of pyridine rings is 1. The SMILES string of the molecule is COc1ccc(C(=O)Nc2cc(C(=O)NCc3ccccc3)ccc2N2C[C@@H]3C[C@H](C2)c2cccc(=O)n2C3)cc1. The first-order valence-electron chi connectivity index (χ1n) is 13.8. The molecule has 2 N–H and O–H groups in total. The molecule has 1 fully saturated rings. The lowest BCUT2D eigenvalue weighted by Gasteiger charge is -2.44. The van der Waals surface area contributed by atoms with E-state index < -0.39 is 0 Å². The Bertz CT molecular complexity index is 1630. The van der Waals surface area contributed by atoms with Crippen molar-refractivity contribution < 1.29 is 14.3 Å². The molecule has 4 aromatic rings. The highest BCUT2D eigenvalue weighted by molar-refractivity contribution is 6.07. The molecular weight excluding hydrogens is 516 g/mol. The van der Waals surface area contributed by atoms with Gasteiger partial charge in [-0.05, 0) is 66.4 Å². The number of aromatic nitrogens is 1. The lowest BCUT2D eigenvalue weighted by Crippen LogP contribution is -2.47.